The number of rotatable bonds is 6. The monoisotopic (exact) mass is 273 g/mol. The average molecular weight is 273 g/mol. The Morgan fingerprint density at radius 3 is 2.75 bits per heavy atom. The minimum absolute atomic E-state index is 0.185. The van der Waals surface area contributed by atoms with Crippen LogP contribution in [0.3, 0.4) is 0 Å². The van der Waals surface area contributed by atoms with Crippen LogP contribution in [-0.2, 0) is 6.54 Å². The Bertz CT molecular complexity index is 561. The minimum atomic E-state index is -0.185. The number of carbonyl (C=O) groups excluding carboxylic acids is 1. The highest BCUT2D eigenvalue weighted by Gasteiger charge is 2.08. The van der Waals surface area contributed by atoms with Gasteiger partial charge in [-0.2, -0.15) is 5.10 Å². The van der Waals surface area contributed by atoms with Crippen LogP contribution in [0.5, 0.6) is 0 Å². The van der Waals surface area contributed by atoms with Crippen molar-refractivity contribution in [3.63, 3.8) is 0 Å². The average Bonchev–Trinajstić information content (AvgIpc) is 2.93. The summed E-state index contributed by atoms with van der Waals surface area (Å²) < 4.78 is 1.76. The molecule has 1 amide bonds. The van der Waals surface area contributed by atoms with Crippen LogP contribution in [0.15, 0.2) is 30.7 Å². The molecule has 0 spiro atoms. The third-order valence-corrected chi connectivity index (χ3v) is 2.80. The Morgan fingerprint density at radius 2 is 2.15 bits per heavy atom. The first-order valence-electron chi connectivity index (χ1n) is 6.76. The molecule has 0 saturated heterocycles. The lowest BCUT2D eigenvalue weighted by Crippen LogP contribution is -2.12. The molecule has 2 N–H and O–H groups in total. The number of pyridine rings is 1. The molecular formula is C14H19N5O. The summed E-state index contributed by atoms with van der Waals surface area (Å²) in [5.41, 5.74) is 1.21. The third kappa shape index (κ3) is 3.57. The number of aryl methyl sites for hydroxylation is 1. The summed E-state index contributed by atoms with van der Waals surface area (Å²) >= 11 is 0. The first-order chi connectivity index (χ1) is 9.72. The van der Waals surface area contributed by atoms with E-state index in [-0.39, 0.29) is 5.91 Å². The molecule has 0 saturated carbocycles. The van der Waals surface area contributed by atoms with E-state index < -0.39 is 0 Å². The maximum atomic E-state index is 12.0. The second-order valence-electron chi connectivity index (χ2n) is 4.40. The minimum Gasteiger partial charge on any atom is -0.370 e. The Hall–Kier alpha value is -2.37. The zero-order valence-electron chi connectivity index (χ0n) is 11.8. The van der Waals surface area contributed by atoms with E-state index in [0.29, 0.717) is 11.3 Å². The van der Waals surface area contributed by atoms with Gasteiger partial charge < -0.3 is 10.6 Å². The van der Waals surface area contributed by atoms with Gasteiger partial charge in [-0.15, -0.1) is 0 Å². The van der Waals surface area contributed by atoms with Gasteiger partial charge >= 0.3 is 0 Å². The number of carbonyl (C=O) groups is 1. The molecule has 0 atom stereocenters. The SMILES string of the molecule is CCCNc1ccc(C(=O)Nc2cnn(CC)c2)cn1. The molecule has 6 heteroatoms. The fourth-order valence-corrected chi connectivity index (χ4v) is 1.69. The lowest BCUT2D eigenvalue weighted by molar-refractivity contribution is 0.102. The van der Waals surface area contributed by atoms with Crippen LogP contribution in [0.1, 0.15) is 30.6 Å². The van der Waals surface area contributed by atoms with Crippen molar-refractivity contribution in [2.75, 3.05) is 17.2 Å². The van der Waals surface area contributed by atoms with Crippen LogP contribution >= 0.6 is 0 Å². The van der Waals surface area contributed by atoms with E-state index in [2.05, 4.69) is 27.6 Å². The van der Waals surface area contributed by atoms with Crippen molar-refractivity contribution in [3.05, 3.63) is 36.3 Å². The maximum Gasteiger partial charge on any atom is 0.257 e. The number of nitrogens with zero attached hydrogens (tertiary/aromatic N) is 3. The van der Waals surface area contributed by atoms with Crippen LogP contribution in [-0.4, -0.2) is 27.2 Å². The molecule has 2 heterocycles. The second kappa shape index (κ2) is 6.70. The number of hydrogen-bond acceptors (Lipinski definition) is 4. The Labute approximate surface area is 118 Å². The van der Waals surface area contributed by atoms with Gasteiger partial charge in [-0.05, 0) is 25.5 Å². The summed E-state index contributed by atoms with van der Waals surface area (Å²) in [7, 11) is 0. The molecule has 6 nitrogen and oxygen atoms in total. The van der Waals surface area contributed by atoms with E-state index in [1.807, 2.05) is 6.92 Å². The van der Waals surface area contributed by atoms with Gasteiger partial charge in [0.15, 0.2) is 0 Å². The summed E-state index contributed by atoms with van der Waals surface area (Å²) in [6.45, 7) is 5.72. The quantitative estimate of drug-likeness (QED) is 0.847. The van der Waals surface area contributed by atoms with Crippen LogP contribution < -0.4 is 10.6 Å². The van der Waals surface area contributed by atoms with Crippen molar-refractivity contribution in [1.82, 2.24) is 14.8 Å². The van der Waals surface area contributed by atoms with Crippen LogP contribution in [0.2, 0.25) is 0 Å². The van der Waals surface area contributed by atoms with Crippen molar-refractivity contribution >= 4 is 17.4 Å². The normalized spacial score (nSPS) is 10.3. The maximum absolute atomic E-state index is 12.0. The van der Waals surface area contributed by atoms with E-state index in [4.69, 9.17) is 0 Å². The number of hydrogen-bond donors (Lipinski definition) is 2. The molecule has 0 unspecified atom stereocenters. The highest BCUT2D eigenvalue weighted by Crippen LogP contribution is 2.09. The first kappa shape index (κ1) is 14.0. The topological polar surface area (TPSA) is 71.8 Å². The highest BCUT2D eigenvalue weighted by molar-refractivity contribution is 6.04. The van der Waals surface area contributed by atoms with Gasteiger partial charge in [0.05, 0.1) is 17.4 Å². The second-order valence-corrected chi connectivity index (χ2v) is 4.40. The predicted octanol–water partition coefficient (Wildman–Crippen LogP) is 2.37. The van der Waals surface area contributed by atoms with Crippen molar-refractivity contribution in [3.8, 4) is 0 Å². The van der Waals surface area contributed by atoms with Crippen LogP contribution in [0.25, 0.3) is 0 Å². The van der Waals surface area contributed by atoms with E-state index in [1.165, 1.54) is 0 Å². The number of nitrogens with one attached hydrogen (secondary N) is 2. The van der Waals surface area contributed by atoms with Gasteiger partial charge in [0.2, 0.25) is 0 Å². The number of amides is 1. The molecule has 2 aromatic heterocycles. The molecular weight excluding hydrogens is 254 g/mol. The summed E-state index contributed by atoms with van der Waals surface area (Å²) in [4.78, 5) is 16.2. The van der Waals surface area contributed by atoms with Gasteiger partial charge in [0.1, 0.15) is 5.82 Å². The molecule has 2 rings (SSSR count). The van der Waals surface area contributed by atoms with Crippen LogP contribution in [0, 0.1) is 0 Å². The largest absolute Gasteiger partial charge is 0.370 e. The molecule has 0 aromatic carbocycles. The number of aromatic nitrogens is 3. The molecule has 0 fully saturated rings. The zero-order valence-corrected chi connectivity index (χ0v) is 11.8. The third-order valence-electron chi connectivity index (χ3n) is 2.80. The lowest BCUT2D eigenvalue weighted by atomic mass is 10.2. The van der Waals surface area contributed by atoms with Gasteiger partial charge in [-0.25, -0.2) is 4.98 Å². The summed E-state index contributed by atoms with van der Waals surface area (Å²) in [5.74, 6) is 0.595. The van der Waals surface area contributed by atoms with E-state index in [9.17, 15) is 4.79 Å². The molecule has 2 aromatic rings. The van der Waals surface area contributed by atoms with Crippen molar-refractivity contribution in [2.24, 2.45) is 0 Å². The van der Waals surface area contributed by atoms with E-state index in [1.54, 1.807) is 35.4 Å². The van der Waals surface area contributed by atoms with Gasteiger partial charge in [0, 0.05) is 25.5 Å². The first-order valence-corrected chi connectivity index (χ1v) is 6.76. The molecule has 0 aliphatic heterocycles. The van der Waals surface area contributed by atoms with Crippen LogP contribution in [0.4, 0.5) is 11.5 Å². The zero-order chi connectivity index (χ0) is 14.4. The molecule has 0 bridgehead atoms. The van der Waals surface area contributed by atoms with Gasteiger partial charge in [-0.3, -0.25) is 9.48 Å². The Balaban J connectivity index is 1.98. The molecule has 0 aliphatic rings. The lowest BCUT2D eigenvalue weighted by Gasteiger charge is -2.05. The number of anilines is 2. The Morgan fingerprint density at radius 1 is 1.30 bits per heavy atom. The fourth-order valence-electron chi connectivity index (χ4n) is 1.69. The van der Waals surface area contributed by atoms with Gasteiger partial charge in [-0.1, -0.05) is 6.92 Å². The van der Waals surface area contributed by atoms with E-state index >= 15 is 0 Å². The summed E-state index contributed by atoms with van der Waals surface area (Å²) in [5, 5.41) is 10.1. The highest BCUT2D eigenvalue weighted by atomic mass is 16.1. The molecule has 106 valence electrons. The molecule has 0 radical (unpaired) electrons. The Kier molecular flexibility index (Phi) is 4.70. The standard InChI is InChI=1S/C14H19N5O/c1-3-7-15-13-6-5-11(8-16-13)14(20)18-12-9-17-19(4-2)10-12/h5-6,8-10H,3-4,7H2,1-2H3,(H,15,16)(H,18,20). The van der Waals surface area contributed by atoms with Gasteiger partial charge in [0.25, 0.3) is 5.91 Å². The fraction of sp³-hybridized carbons (Fsp3) is 0.357. The van der Waals surface area contributed by atoms with Crippen molar-refractivity contribution in [1.29, 1.82) is 0 Å². The molecule has 0 aliphatic carbocycles. The molecule has 20 heavy (non-hydrogen) atoms. The predicted molar refractivity (Wildman–Crippen MR) is 78.9 cm³/mol. The smallest absolute Gasteiger partial charge is 0.257 e. The van der Waals surface area contributed by atoms with E-state index in [0.717, 1.165) is 25.3 Å². The van der Waals surface area contributed by atoms with Crippen molar-refractivity contribution in [2.45, 2.75) is 26.8 Å². The summed E-state index contributed by atoms with van der Waals surface area (Å²) in [6.07, 6.45) is 6.03. The summed E-state index contributed by atoms with van der Waals surface area (Å²) in [6, 6.07) is 3.56. The van der Waals surface area contributed by atoms with Crippen molar-refractivity contribution < 1.29 is 4.79 Å².